The molecule has 8 heteroatoms. The van der Waals surface area contributed by atoms with Gasteiger partial charge in [-0.2, -0.15) is 5.26 Å². The van der Waals surface area contributed by atoms with Crippen LogP contribution < -0.4 is 0 Å². The zero-order valence-electron chi connectivity index (χ0n) is 11.0. The molecule has 0 amide bonds. The predicted molar refractivity (Wildman–Crippen MR) is 67.2 cm³/mol. The third kappa shape index (κ3) is 11.6. The average molecular weight is 293 g/mol. The van der Waals surface area contributed by atoms with Crippen molar-refractivity contribution in [1.82, 2.24) is 0 Å². The molecule has 0 rings (SSSR count). The summed E-state index contributed by atoms with van der Waals surface area (Å²) >= 11 is 0. The maximum Gasteiger partial charge on any atom is 0.321 e. The Morgan fingerprint density at radius 3 is 2.42 bits per heavy atom. The Bertz CT molecular complexity index is 386. The Hall–Kier alpha value is -1.17. The monoisotopic (exact) mass is 293 g/mol. The Kier molecular flexibility index (Phi) is 10.1. The first-order chi connectivity index (χ1) is 9.02. The highest BCUT2D eigenvalue weighted by atomic mass is 32.2. The van der Waals surface area contributed by atoms with Gasteiger partial charge in [0.2, 0.25) is 0 Å². The van der Waals surface area contributed by atoms with Crippen LogP contribution in [-0.4, -0.2) is 58.9 Å². The number of ether oxygens (including phenoxy) is 3. The van der Waals surface area contributed by atoms with E-state index in [0.717, 1.165) is 0 Å². The quantitative estimate of drug-likeness (QED) is 0.387. The van der Waals surface area contributed by atoms with E-state index < -0.39 is 21.6 Å². The molecule has 0 N–H and O–H groups in total. The van der Waals surface area contributed by atoms with E-state index in [-0.39, 0.29) is 25.4 Å². The predicted octanol–water partition coefficient (Wildman–Crippen LogP) is -0.0888. The molecular formula is C11H19NO6S. The minimum absolute atomic E-state index is 0.00126. The molecule has 0 saturated heterocycles. The van der Waals surface area contributed by atoms with E-state index >= 15 is 0 Å². The van der Waals surface area contributed by atoms with Crippen molar-refractivity contribution in [1.29, 1.82) is 5.26 Å². The highest BCUT2D eigenvalue weighted by molar-refractivity contribution is 7.92. The molecule has 0 unspecified atom stereocenters. The maximum atomic E-state index is 11.3. The van der Waals surface area contributed by atoms with E-state index in [4.69, 9.17) is 19.5 Å². The van der Waals surface area contributed by atoms with Crippen LogP contribution in [0.25, 0.3) is 0 Å². The van der Waals surface area contributed by atoms with Crippen molar-refractivity contribution in [3.05, 3.63) is 0 Å². The van der Waals surface area contributed by atoms with E-state index in [0.29, 0.717) is 19.8 Å². The second kappa shape index (κ2) is 10.7. The zero-order valence-corrected chi connectivity index (χ0v) is 11.8. The van der Waals surface area contributed by atoms with Crippen LogP contribution >= 0.6 is 0 Å². The molecule has 19 heavy (non-hydrogen) atoms. The molecule has 0 aromatic heterocycles. The van der Waals surface area contributed by atoms with Gasteiger partial charge in [-0.25, -0.2) is 8.42 Å². The number of carbonyl (C=O) groups excluding carboxylic acids is 1. The first-order valence-corrected chi connectivity index (χ1v) is 7.72. The van der Waals surface area contributed by atoms with Crippen LogP contribution in [-0.2, 0) is 28.8 Å². The van der Waals surface area contributed by atoms with Gasteiger partial charge < -0.3 is 14.2 Å². The topological polar surface area (TPSA) is 103 Å². The van der Waals surface area contributed by atoms with Crippen LogP contribution in [0, 0.1) is 11.3 Å². The van der Waals surface area contributed by atoms with Crippen molar-refractivity contribution in [3.8, 4) is 6.07 Å². The second-order valence-corrected chi connectivity index (χ2v) is 5.71. The molecule has 0 aliphatic heterocycles. The lowest BCUT2D eigenvalue weighted by atomic mass is 10.6. The fourth-order valence-electron chi connectivity index (χ4n) is 1.07. The van der Waals surface area contributed by atoms with Gasteiger partial charge in [0.25, 0.3) is 0 Å². The Morgan fingerprint density at radius 2 is 1.79 bits per heavy atom. The molecule has 0 fully saturated rings. The average Bonchev–Trinajstić information content (AvgIpc) is 2.35. The van der Waals surface area contributed by atoms with Crippen LogP contribution in [0.15, 0.2) is 0 Å². The van der Waals surface area contributed by atoms with Gasteiger partial charge in [0, 0.05) is 13.0 Å². The van der Waals surface area contributed by atoms with Crippen LogP contribution in [0.1, 0.15) is 13.3 Å². The molecule has 0 aliphatic rings. The molecule has 0 atom stereocenters. The Morgan fingerprint density at radius 1 is 1.16 bits per heavy atom. The largest absolute Gasteiger partial charge is 0.462 e. The molecule has 0 saturated carbocycles. The zero-order chi connectivity index (χ0) is 14.6. The molecular weight excluding hydrogens is 274 g/mol. The lowest BCUT2D eigenvalue weighted by molar-refractivity contribution is -0.142. The van der Waals surface area contributed by atoms with Gasteiger partial charge in [-0.05, 0) is 6.92 Å². The van der Waals surface area contributed by atoms with Gasteiger partial charge in [-0.15, -0.1) is 0 Å². The number of hydrogen-bond donors (Lipinski definition) is 0. The summed E-state index contributed by atoms with van der Waals surface area (Å²) in [5.74, 6) is -1.86. The van der Waals surface area contributed by atoms with Crippen LogP contribution in [0.2, 0.25) is 0 Å². The second-order valence-electron chi connectivity index (χ2n) is 3.53. The summed E-state index contributed by atoms with van der Waals surface area (Å²) < 4.78 is 37.4. The van der Waals surface area contributed by atoms with Crippen LogP contribution in [0.4, 0.5) is 0 Å². The van der Waals surface area contributed by atoms with Crippen LogP contribution in [0.5, 0.6) is 0 Å². The van der Waals surface area contributed by atoms with Crippen molar-refractivity contribution in [2.24, 2.45) is 0 Å². The fourth-order valence-corrected chi connectivity index (χ4v) is 2.06. The van der Waals surface area contributed by atoms with Gasteiger partial charge >= 0.3 is 5.97 Å². The number of nitrogens with zero attached hydrogens (tertiary/aromatic N) is 1. The highest BCUT2D eigenvalue weighted by Gasteiger charge is 2.17. The molecule has 0 aromatic carbocycles. The van der Waals surface area contributed by atoms with Gasteiger partial charge in [0.1, 0.15) is 12.4 Å². The third-order valence-corrected chi connectivity index (χ3v) is 3.43. The number of carbonyl (C=O) groups is 1. The summed E-state index contributed by atoms with van der Waals surface area (Å²) in [7, 11) is -3.56. The molecule has 7 nitrogen and oxygen atoms in total. The first-order valence-electron chi connectivity index (χ1n) is 5.90. The summed E-state index contributed by atoms with van der Waals surface area (Å²) in [5.41, 5.74) is 0. The van der Waals surface area contributed by atoms with Crippen LogP contribution in [0.3, 0.4) is 0 Å². The minimum atomic E-state index is -3.56. The standard InChI is InChI=1S/C11H19NO6S/c1-2-16-5-6-17-7-8-18-11(13)10-19(14,15)9-3-4-12/h2-3,5-10H2,1H3. The van der Waals surface area contributed by atoms with Gasteiger partial charge in [-0.3, -0.25) is 4.79 Å². The molecule has 0 spiro atoms. The SMILES string of the molecule is CCOCCOCCOC(=O)CS(=O)(=O)CCC#N. The molecule has 0 aromatic rings. The number of rotatable bonds is 11. The highest BCUT2D eigenvalue weighted by Crippen LogP contribution is 1.95. The summed E-state index contributed by atoms with van der Waals surface area (Å²) in [4.78, 5) is 11.2. The molecule has 0 bridgehead atoms. The van der Waals surface area contributed by atoms with E-state index in [2.05, 4.69) is 0 Å². The van der Waals surface area contributed by atoms with Crippen molar-refractivity contribution in [3.63, 3.8) is 0 Å². The molecule has 0 aliphatic carbocycles. The maximum absolute atomic E-state index is 11.3. The smallest absolute Gasteiger partial charge is 0.321 e. The summed E-state index contributed by atoms with van der Waals surface area (Å²) in [5, 5.41) is 8.27. The minimum Gasteiger partial charge on any atom is -0.462 e. The summed E-state index contributed by atoms with van der Waals surface area (Å²) in [6, 6.07) is 1.71. The third-order valence-electron chi connectivity index (χ3n) is 1.93. The van der Waals surface area contributed by atoms with E-state index in [1.165, 1.54) is 0 Å². The van der Waals surface area contributed by atoms with E-state index in [1.807, 2.05) is 6.92 Å². The molecule has 0 radical (unpaired) electrons. The van der Waals surface area contributed by atoms with Crippen molar-refractivity contribution < 1.29 is 27.4 Å². The fraction of sp³-hybridized carbons (Fsp3) is 0.818. The lowest BCUT2D eigenvalue weighted by Crippen LogP contribution is -2.22. The van der Waals surface area contributed by atoms with E-state index in [1.54, 1.807) is 6.07 Å². The number of hydrogen-bond acceptors (Lipinski definition) is 7. The Balaban J connectivity index is 3.62. The number of nitriles is 1. The van der Waals surface area contributed by atoms with Crippen molar-refractivity contribution in [2.75, 3.05) is 44.5 Å². The van der Waals surface area contributed by atoms with E-state index in [9.17, 15) is 13.2 Å². The molecule has 0 heterocycles. The van der Waals surface area contributed by atoms with Gasteiger partial charge in [0.15, 0.2) is 9.84 Å². The van der Waals surface area contributed by atoms with Gasteiger partial charge in [0.05, 0.1) is 31.6 Å². The summed E-state index contributed by atoms with van der Waals surface area (Å²) in [6.45, 7) is 3.53. The number of sulfone groups is 1. The lowest BCUT2D eigenvalue weighted by Gasteiger charge is -2.06. The molecule has 110 valence electrons. The van der Waals surface area contributed by atoms with Crippen molar-refractivity contribution >= 4 is 15.8 Å². The normalized spacial score (nSPS) is 10.9. The summed E-state index contributed by atoms with van der Waals surface area (Å²) in [6.07, 6.45) is -0.129. The van der Waals surface area contributed by atoms with Crippen molar-refractivity contribution in [2.45, 2.75) is 13.3 Å². The Labute approximate surface area is 113 Å². The first kappa shape index (κ1) is 17.8. The van der Waals surface area contributed by atoms with Gasteiger partial charge in [-0.1, -0.05) is 0 Å². The number of esters is 1.